The van der Waals surface area contributed by atoms with E-state index in [1.54, 1.807) is 7.11 Å². The zero-order valence-corrected chi connectivity index (χ0v) is 15.4. The number of nitrogens with zero attached hydrogens (tertiary/aromatic N) is 2. The van der Waals surface area contributed by atoms with Gasteiger partial charge in [-0.3, -0.25) is 9.59 Å². The number of hydrogen-bond acceptors (Lipinski definition) is 4. The van der Waals surface area contributed by atoms with Gasteiger partial charge in [-0.2, -0.15) is 0 Å². The van der Waals surface area contributed by atoms with E-state index in [2.05, 4.69) is 4.90 Å². The Balaban J connectivity index is 0.00000208. The quantitative estimate of drug-likeness (QED) is 0.817. The second-order valence-corrected chi connectivity index (χ2v) is 7.49. The van der Waals surface area contributed by atoms with Gasteiger partial charge in [0.15, 0.2) is 0 Å². The molecule has 3 fully saturated rings. The molecule has 7 heteroatoms. The summed E-state index contributed by atoms with van der Waals surface area (Å²) in [5.74, 6) is 0.324. The van der Waals surface area contributed by atoms with Crippen LogP contribution in [0.2, 0.25) is 0 Å². The first-order chi connectivity index (χ1) is 11.0. The molecule has 138 valence electrons. The maximum absolute atomic E-state index is 12.3. The van der Waals surface area contributed by atoms with E-state index in [4.69, 9.17) is 10.5 Å². The minimum atomic E-state index is -0.562. The minimum Gasteiger partial charge on any atom is -0.383 e. The van der Waals surface area contributed by atoms with Gasteiger partial charge in [0, 0.05) is 39.2 Å². The fourth-order valence-electron chi connectivity index (χ4n) is 4.17. The lowest BCUT2D eigenvalue weighted by Gasteiger charge is -2.51. The third-order valence-corrected chi connectivity index (χ3v) is 6.01. The molecule has 1 atom stereocenters. The first kappa shape index (κ1) is 19.5. The number of carbonyl (C=O) groups excluding carboxylic acids is 2. The Labute approximate surface area is 150 Å². The number of rotatable bonds is 4. The Bertz CT molecular complexity index is 462. The number of halogens is 1. The van der Waals surface area contributed by atoms with Gasteiger partial charge in [-0.1, -0.05) is 0 Å². The van der Waals surface area contributed by atoms with Crippen molar-refractivity contribution >= 4 is 24.2 Å². The summed E-state index contributed by atoms with van der Waals surface area (Å²) in [7, 11) is 1.56. The van der Waals surface area contributed by atoms with Crippen molar-refractivity contribution in [1.82, 2.24) is 9.80 Å². The highest BCUT2D eigenvalue weighted by Crippen LogP contribution is 2.42. The van der Waals surface area contributed by atoms with E-state index >= 15 is 0 Å². The summed E-state index contributed by atoms with van der Waals surface area (Å²) < 4.78 is 4.98. The van der Waals surface area contributed by atoms with Crippen LogP contribution in [0, 0.1) is 5.41 Å². The van der Waals surface area contributed by atoms with E-state index in [1.807, 2.05) is 4.90 Å². The van der Waals surface area contributed by atoms with Crippen LogP contribution in [0.1, 0.15) is 44.9 Å². The minimum absolute atomic E-state index is 0. The van der Waals surface area contributed by atoms with Crippen LogP contribution >= 0.6 is 12.4 Å². The number of amides is 2. The molecule has 2 heterocycles. The van der Waals surface area contributed by atoms with Crippen molar-refractivity contribution < 1.29 is 14.3 Å². The van der Waals surface area contributed by atoms with Gasteiger partial charge in [0.1, 0.15) is 6.04 Å². The van der Waals surface area contributed by atoms with Crippen LogP contribution in [-0.2, 0) is 14.3 Å². The van der Waals surface area contributed by atoms with Gasteiger partial charge in [0.25, 0.3) is 0 Å². The number of nitrogens with two attached hydrogens (primary N) is 1. The van der Waals surface area contributed by atoms with E-state index in [0.717, 1.165) is 51.7 Å². The van der Waals surface area contributed by atoms with Gasteiger partial charge >= 0.3 is 0 Å². The molecule has 1 saturated carbocycles. The Morgan fingerprint density at radius 1 is 1.33 bits per heavy atom. The van der Waals surface area contributed by atoms with Crippen molar-refractivity contribution in [3.05, 3.63) is 0 Å². The van der Waals surface area contributed by atoms with Crippen LogP contribution < -0.4 is 5.73 Å². The summed E-state index contributed by atoms with van der Waals surface area (Å²) in [5, 5.41) is 0. The molecule has 0 bridgehead atoms. The normalized spacial score (nSPS) is 25.2. The largest absolute Gasteiger partial charge is 0.383 e. The zero-order chi connectivity index (χ0) is 16.4. The lowest BCUT2D eigenvalue weighted by Crippen LogP contribution is -2.57. The number of piperidine rings is 2. The topological polar surface area (TPSA) is 75.9 Å². The fraction of sp³-hybridized carbons (Fsp3) is 0.882. The molecule has 24 heavy (non-hydrogen) atoms. The first-order valence-electron chi connectivity index (χ1n) is 8.87. The van der Waals surface area contributed by atoms with Crippen LogP contribution in [0.3, 0.4) is 0 Å². The molecular formula is C17H30ClN3O3. The lowest BCUT2D eigenvalue weighted by molar-refractivity contribution is -0.147. The zero-order valence-electron chi connectivity index (χ0n) is 14.5. The van der Waals surface area contributed by atoms with E-state index in [9.17, 15) is 9.59 Å². The standard InChI is InChI=1S/C17H29N3O3.ClH/c1-23-11-14(18)16(22)19-9-7-17(8-10-19)6-5-15(21)20(12-17)13-3-2-4-13;/h13-14H,2-12,18H2,1H3;1H/t14-;/m1./s1. The van der Waals surface area contributed by atoms with Crippen LogP contribution in [0.15, 0.2) is 0 Å². The highest BCUT2D eigenvalue weighted by atomic mass is 35.5. The second kappa shape index (κ2) is 8.02. The van der Waals surface area contributed by atoms with Crippen molar-refractivity contribution in [1.29, 1.82) is 0 Å². The summed E-state index contributed by atoms with van der Waals surface area (Å²) >= 11 is 0. The Morgan fingerprint density at radius 3 is 2.54 bits per heavy atom. The number of hydrogen-bond donors (Lipinski definition) is 1. The maximum atomic E-state index is 12.3. The van der Waals surface area contributed by atoms with Crippen molar-refractivity contribution in [2.45, 2.75) is 57.0 Å². The van der Waals surface area contributed by atoms with Gasteiger partial charge in [-0.25, -0.2) is 0 Å². The molecule has 0 unspecified atom stereocenters. The number of carbonyl (C=O) groups is 2. The molecule has 0 aromatic heterocycles. The van der Waals surface area contributed by atoms with Gasteiger partial charge in [-0.15, -0.1) is 12.4 Å². The molecule has 2 amide bonds. The average molecular weight is 360 g/mol. The van der Waals surface area contributed by atoms with Gasteiger partial charge < -0.3 is 20.3 Å². The molecule has 2 saturated heterocycles. The molecule has 0 radical (unpaired) electrons. The van der Waals surface area contributed by atoms with Gasteiger partial charge in [0.2, 0.25) is 11.8 Å². The molecule has 2 N–H and O–H groups in total. The van der Waals surface area contributed by atoms with Crippen molar-refractivity contribution in [2.75, 3.05) is 33.4 Å². The van der Waals surface area contributed by atoms with Crippen LogP contribution in [0.4, 0.5) is 0 Å². The molecule has 3 rings (SSSR count). The smallest absolute Gasteiger partial charge is 0.241 e. The molecule has 1 aliphatic carbocycles. The van der Waals surface area contributed by atoms with Crippen LogP contribution in [0.25, 0.3) is 0 Å². The predicted octanol–water partition coefficient (Wildman–Crippen LogP) is 1.17. The molecule has 1 spiro atoms. The third-order valence-electron chi connectivity index (χ3n) is 6.01. The second-order valence-electron chi connectivity index (χ2n) is 7.49. The molecule has 0 aromatic carbocycles. The monoisotopic (exact) mass is 359 g/mol. The van der Waals surface area contributed by atoms with Crippen molar-refractivity contribution in [3.63, 3.8) is 0 Å². The van der Waals surface area contributed by atoms with Gasteiger partial charge in [0.05, 0.1) is 6.61 Å². The number of methoxy groups -OCH3 is 1. The summed E-state index contributed by atoms with van der Waals surface area (Å²) in [6.45, 7) is 2.67. The Hall–Kier alpha value is -0.850. The highest BCUT2D eigenvalue weighted by molar-refractivity contribution is 5.85. The van der Waals surface area contributed by atoms with E-state index in [-0.39, 0.29) is 30.3 Å². The molecule has 6 nitrogen and oxygen atoms in total. The molecule has 0 aromatic rings. The predicted molar refractivity (Wildman–Crippen MR) is 93.9 cm³/mol. The molecule has 3 aliphatic rings. The maximum Gasteiger partial charge on any atom is 0.241 e. The SMILES string of the molecule is COC[C@@H](N)C(=O)N1CCC2(CCC(=O)N(C3CCC3)C2)CC1.Cl. The van der Waals surface area contributed by atoms with E-state index in [0.29, 0.717) is 18.4 Å². The summed E-state index contributed by atoms with van der Waals surface area (Å²) in [6, 6.07) is -0.0806. The van der Waals surface area contributed by atoms with Crippen LogP contribution in [-0.4, -0.2) is 67.0 Å². The molecular weight excluding hydrogens is 330 g/mol. The van der Waals surface area contributed by atoms with Gasteiger partial charge in [-0.05, 0) is 43.9 Å². The number of ether oxygens (including phenoxy) is 1. The Morgan fingerprint density at radius 2 is 2.00 bits per heavy atom. The highest BCUT2D eigenvalue weighted by Gasteiger charge is 2.44. The summed E-state index contributed by atoms with van der Waals surface area (Å²) in [4.78, 5) is 28.5. The molecule has 2 aliphatic heterocycles. The lowest BCUT2D eigenvalue weighted by atomic mass is 9.71. The van der Waals surface area contributed by atoms with Crippen molar-refractivity contribution in [3.8, 4) is 0 Å². The van der Waals surface area contributed by atoms with Crippen LogP contribution in [0.5, 0.6) is 0 Å². The summed E-state index contributed by atoms with van der Waals surface area (Å²) in [5.41, 5.74) is 6.08. The third kappa shape index (κ3) is 3.86. The first-order valence-corrected chi connectivity index (χ1v) is 8.87. The number of likely N-dealkylation sites (tertiary alicyclic amines) is 2. The average Bonchev–Trinajstić information content (AvgIpc) is 2.50. The van der Waals surface area contributed by atoms with E-state index in [1.165, 1.54) is 6.42 Å². The summed E-state index contributed by atoms with van der Waals surface area (Å²) in [6.07, 6.45) is 7.19. The van der Waals surface area contributed by atoms with E-state index < -0.39 is 6.04 Å². The van der Waals surface area contributed by atoms with Crippen molar-refractivity contribution in [2.24, 2.45) is 11.1 Å². The Kier molecular flexibility index (Phi) is 6.51. The fourth-order valence-corrected chi connectivity index (χ4v) is 4.17.